The van der Waals surface area contributed by atoms with Gasteiger partial charge in [0.25, 0.3) is 5.91 Å². The van der Waals surface area contributed by atoms with Crippen LogP contribution in [-0.4, -0.2) is 30.0 Å². The van der Waals surface area contributed by atoms with Crippen LogP contribution in [0.2, 0.25) is 0 Å². The fourth-order valence-electron chi connectivity index (χ4n) is 3.59. The third-order valence-electron chi connectivity index (χ3n) is 5.35. The van der Waals surface area contributed by atoms with E-state index in [2.05, 4.69) is 15.2 Å². The zero-order valence-electron chi connectivity index (χ0n) is 19.5. The van der Waals surface area contributed by atoms with E-state index in [4.69, 9.17) is 13.9 Å². The van der Waals surface area contributed by atoms with Gasteiger partial charge in [0.2, 0.25) is 0 Å². The average Bonchev–Trinajstić information content (AvgIpc) is 3.56. The Morgan fingerprint density at radius 3 is 2.63 bits per heavy atom. The van der Waals surface area contributed by atoms with E-state index >= 15 is 0 Å². The molecule has 2 aromatic carbocycles. The molecule has 35 heavy (non-hydrogen) atoms. The molecule has 0 aliphatic heterocycles. The number of ether oxygens (including phenoxy) is 2. The topological polar surface area (TPSA) is 76.8 Å². The fourth-order valence-corrected chi connectivity index (χ4v) is 4.40. The first-order valence-electron chi connectivity index (χ1n) is 11.0. The number of thiazole rings is 1. The van der Waals surface area contributed by atoms with Gasteiger partial charge in [-0.25, -0.2) is 9.37 Å². The Morgan fingerprint density at radius 2 is 1.91 bits per heavy atom. The van der Waals surface area contributed by atoms with Gasteiger partial charge in [0.15, 0.2) is 0 Å². The van der Waals surface area contributed by atoms with Crippen LogP contribution in [0.3, 0.4) is 0 Å². The standard InChI is InChI=1S/C26H26FN3O4S/c1-32-21-10-7-19(24(12-21)33-2)15-30(14-18-5-8-20(27)9-6-18)16-25-29-23(17-35-25)26(31)28-13-22-4-3-11-34-22/h3-12,17H,13-16H2,1-2H3,(H,28,31). The lowest BCUT2D eigenvalue weighted by Crippen LogP contribution is -2.24. The van der Waals surface area contributed by atoms with Crippen LogP contribution in [0.25, 0.3) is 0 Å². The van der Waals surface area contributed by atoms with E-state index in [9.17, 15) is 9.18 Å². The number of nitrogens with one attached hydrogen (secondary N) is 1. The van der Waals surface area contributed by atoms with Crippen molar-refractivity contribution >= 4 is 17.2 Å². The summed E-state index contributed by atoms with van der Waals surface area (Å²) in [5.74, 6) is 1.56. The molecule has 4 rings (SSSR count). The highest BCUT2D eigenvalue weighted by Crippen LogP contribution is 2.27. The normalized spacial score (nSPS) is 11.0. The van der Waals surface area contributed by atoms with E-state index in [0.29, 0.717) is 49.1 Å². The Hall–Kier alpha value is -3.69. The molecule has 1 N–H and O–H groups in total. The summed E-state index contributed by atoms with van der Waals surface area (Å²) >= 11 is 1.42. The fraction of sp³-hybridized carbons (Fsp3) is 0.231. The molecule has 0 aliphatic rings. The monoisotopic (exact) mass is 495 g/mol. The summed E-state index contributed by atoms with van der Waals surface area (Å²) in [5.41, 5.74) is 2.30. The minimum absolute atomic E-state index is 0.259. The molecule has 182 valence electrons. The summed E-state index contributed by atoms with van der Waals surface area (Å²) in [6.07, 6.45) is 1.57. The molecule has 9 heteroatoms. The predicted molar refractivity (Wildman–Crippen MR) is 131 cm³/mol. The Bertz CT molecular complexity index is 1240. The summed E-state index contributed by atoms with van der Waals surface area (Å²) in [4.78, 5) is 19.2. The third-order valence-corrected chi connectivity index (χ3v) is 6.19. The second-order valence-electron chi connectivity index (χ2n) is 7.84. The number of hydrogen-bond acceptors (Lipinski definition) is 7. The van der Waals surface area contributed by atoms with Crippen molar-refractivity contribution in [3.63, 3.8) is 0 Å². The van der Waals surface area contributed by atoms with Gasteiger partial charge in [-0.05, 0) is 35.9 Å². The zero-order chi connectivity index (χ0) is 24.6. The van der Waals surface area contributed by atoms with Crippen LogP contribution in [0, 0.1) is 5.82 Å². The first-order chi connectivity index (χ1) is 17.0. The third kappa shape index (κ3) is 6.68. The van der Waals surface area contributed by atoms with E-state index in [1.165, 1.54) is 23.5 Å². The van der Waals surface area contributed by atoms with E-state index < -0.39 is 0 Å². The quantitative estimate of drug-likeness (QED) is 0.315. The Balaban J connectivity index is 1.49. The number of aromatic nitrogens is 1. The summed E-state index contributed by atoms with van der Waals surface area (Å²) in [6, 6.07) is 15.7. The molecule has 7 nitrogen and oxygen atoms in total. The number of halogens is 1. The van der Waals surface area contributed by atoms with Gasteiger partial charge in [0, 0.05) is 30.1 Å². The number of amides is 1. The highest BCUT2D eigenvalue weighted by Gasteiger charge is 2.17. The van der Waals surface area contributed by atoms with Crippen LogP contribution in [0.1, 0.15) is 32.4 Å². The number of rotatable bonds is 11. The van der Waals surface area contributed by atoms with Gasteiger partial charge in [0.1, 0.15) is 33.8 Å². The molecular formula is C26H26FN3O4S. The zero-order valence-corrected chi connectivity index (χ0v) is 20.3. The summed E-state index contributed by atoms with van der Waals surface area (Å²) < 4.78 is 29.6. The van der Waals surface area contributed by atoms with E-state index in [0.717, 1.165) is 16.1 Å². The van der Waals surface area contributed by atoms with Crippen molar-refractivity contribution < 1.29 is 23.1 Å². The molecule has 0 unspecified atom stereocenters. The second-order valence-corrected chi connectivity index (χ2v) is 8.78. The number of benzene rings is 2. The molecule has 0 radical (unpaired) electrons. The van der Waals surface area contributed by atoms with Gasteiger partial charge in [-0.2, -0.15) is 0 Å². The molecule has 0 saturated carbocycles. The number of nitrogens with zero attached hydrogens (tertiary/aromatic N) is 2. The van der Waals surface area contributed by atoms with Gasteiger partial charge in [-0.3, -0.25) is 9.69 Å². The maximum Gasteiger partial charge on any atom is 0.271 e. The largest absolute Gasteiger partial charge is 0.497 e. The van der Waals surface area contributed by atoms with Gasteiger partial charge < -0.3 is 19.2 Å². The smallest absolute Gasteiger partial charge is 0.271 e. The SMILES string of the molecule is COc1ccc(CN(Cc2ccc(F)cc2)Cc2nc(C(=O)NCc3ccco3)cs2)c(OC)c1. The lowest BCUT2D eigenvalue weighted by atomic mass is 10.1. The maximum atomic E-state index is 13.4. The summed E-state index contributed by atoms with van der Waals surface area (Å²) in [7, 11) is 3.23. The minimum atomic E-state index is -0.276. The van der Waals surface area contributed by atoms with E-state index in [1.807, 2.05) is 18.2 Å². The van der Waals surface area contributed by atoms with Crippen molar-refractivity contribution in [3.8, 4) is 11.5 Å². The average molecular weight is 496 g/mol. The predicted octanol–water partition coefficient (Wildman–Crippen LogP) is 5.02. The molecule has 0 spiro atoms. The minimum Gasteiger partial charge on any atom is -0.497 e. The van der Waals surface area contributed by atoms with E-state index in [1.54, 1.807) is 50.1 Å². The number of carbonyl (C=O) groups is 1. The lowest BCUT2D eigenvalue weighted by Gasteiger charge is -2.23. The molecule has 1 amide bonds. The Morgan fingerprint density at radius 1 is 1.09 bits per heavy atom. The van der Waals surface area contributed by atoms with Crippen LogP contribution in [0.15, 0.2) is 70.7 Å². The second kappa shape index (κ2) is 11.6. The van der Waals surface area contributed by atoms with E-state index in [-0.39, 0.29) is 11.7 Å². The number of hydrogen-bond donors (Lipinski definition) is 1. The van der Waals surface area contributed by atoms with Crippen molar-refractivity contribution in [1.29, 1.82) is 0 Å². The molecule has 0 fully saturated rings. The highest BCUT2D eigenvalue weighted by molar-refractivity contribution is 7.09. The maximum absolute atomic E-state index is 13.4. The molecule has 0 aliphatic carbocycles. The summed E-state index contributed by atoms with van der Waals surface area (Å²) in [6.45, 7) is 1.93. The Labute approximate surface area is 207 Å². The van der Waals surface area contributed by atoms with Crippen LogP contribution in [0.5, 0.6) is 11.5 Å². The van der Waals surface area contributed by atoms with Crippen molar-refractivity contribution in [2.75, 3.05) is 14.2 Å². The number of carbonyl (C=O) groups excluding carboxylic acids is 1. The molecule has 2 aromatic heterocycles. The van der Waals surface area contributed by atoms with Gasteiger partial charge >= 0.3 is 0 Å². The Kier molecular flexibility index (Phi) is 8.12. The van der Waals surface area contributed by atoms with Crippen LogP contribution < -0.4 is 14.8 Å². The van der Waals surface area contributed by atoms with Crippen LogP contribution in [0.4, 0.5) is 4.39 Å². The van der Waals surface area contributed by atoms with Crippen molar-refractivity contribution in [2.45, 2.75) is 26.2 Å². The molecule has 0 bridgehead atoms. The van der Waals surface area contributed by atoms with Crippen LogP contribution in [-0.2, 0) is 26.2 Å². The van der Waals surface area contributed by atoms with Gasteiger partial charge in [0.05, 0.1) is 33.6 Å². The highest BCUT2D eigenvalue weighted by atomic mass is 32.1. The van der Waals surface area contributed by atoms with Crippen molar-refractivity contribution in [1.82, 2.24) is 15.2 Å². The van der Waals surface area contributed by atoms with Crippen molar-refractivity contribution in [3.05, 3.63) is 99.6 Å². The lowest BCUT2D eigenvalue weighted by molar-refractivity contribution is 0.0943. The molecule has 2 heterocycles. The van der Waals surface area contributed by atoms with Gasteiger partial charge in [-0.1, -0.05) is 18.2 Å². The molecular weight excluding hydrogens is 469 g/mol. The first-order valence-corrected chi connectivity index (χ1v) is 11.8. The molecule has 4 aromatic rings. The molecule has 0 saturated heterocycles. The molecule has 0 atom stereocenters. The van der Waals surface area contributed by atoms with Crippen LogP contribution >= 0.6 is 11.3 Å². The summed E-state index contributed by atoms with van der Waals surface area (Å²) in [5, 5.41) is 5.35. The van der Waals surface area contributed by atoms with Gasteiger partial charge in [-0.15, -0.1) is 11.3 Å². The first kappa shape index (κ1) is 24.4. The number of furan rings is 1. The van der Waals surface area contributed by atoms with Crippen molar-refractivity contribution in [2.24, 2.45) is 0 Å². The number of methoxy groups -OCH3 is 2.